The molecule has 0 saturated heterocycles. The molecule has 1 amide bonds. The van der Waals surface area contributed by atoms with Crippen molar-refractivity contribution in [2.45, 2.75) is 6.92 Å². The molecule has 6 heteroatoms. The first-order valence-electron chi connectivity index (χ1n) is 5.64. The maximum absolute atomic E-state index is 12.0. The first-order valence-corrected chi connectivity index (χ1v) is 5.64. The fourth-order valence-corrected chi connectivity index (χ4v) is 1.68. The molecule has 1 aromatic carbocycles. The van der Waals surface area contributed by atoms with E-state index in [2.05, 4.69) is 10.3 Å². The lowest BCUT2D eigenvalue weighted by Crippen LogP contribution is -2.17. The summed E-state index contributed by atoms with van der Waals surface area (Å²) in [4.78, 5) is 26.7. The lowest BCUT2D eigenvalue weighted by Gasteiger charge is -2.07. The van der Waals surface area contributed by atoms with E-state index in [0.29, 0.717) is 5.69 Å². The number of pyridine rings is 1. The second-order valence-electron chi connectivity index (χ2n) is 4.03. The number of rotatable bonds is 3. The minimum Gasteiger partial charge on any atom is -0.476 e. The molecule has 0 spiro atoms. The molecule has 0 aliphatic rings. The van der Waals surface area contributed by atoms with E-state index >= 15 is 0 Å². The molecule has 0 bridgehead atoms. The van der Waals surface area contributed by atoms with Crippen LogP contribution in [-0.4, -0.2) is 22.0 Å². The molecule has 0 saturated carbocycles. The molecule has 0 aliphatic heterocycles. The summed E-state index contributed by atoms with van der Waals surface area (Å²) in [6.45, 7) is 1.91. The van der Waals surface area contributed by atoms with Crippen molar-refractivity contribution in [3.05, 3.63) is 59.4 Å². The quantitative estimate of drug-likeness (QED) is 0.911. The molecule has 1 aromatic heterocycles. The minimum atomic E-state index is -1.23. The van der Waals surface area contributed by atoms with Crippen molar-refractivity contribution >= 4 is 30.0 Å². The van der Waals surface area contributed by atoms with Gasteiger partial charge in [-0.1, -0.05) is 12.1 Å². The van der Waals surface area contributed by atoms with E-state index in [1.165, 1.54) is 18.3 Å². The highest BCUT2D eigenvalue weighted by Crippen LogP contribution is 2.13. The molecule has 0 atom stereocenters. The number of halogens is 1. The SMILES string of the molecule is Cc1cccc(NC(=O)c2cccnc2C(=O)O)c1.Cl. The number of carbonyl (C=O) groups is 2. The number of amides is 1. The fourth-order valence-electron chi connectivity index (χ4n) is 1.68. The highest BCUT2D eigenvalue weighted by molar-refractivity contribution is 6.09. The van der Waals surface area contributed by atoms with Crippen molar-refractivity contribution in [1.29, 1.82) is 0 Å². The number of benzene rings is 1. The van der Waals surface area contributed by atoms with Gasteiger partial charge in [0.2, 0.25) is 0 Å². The molecule has 5 nitrogen and oxygen atoms in total. The molecule has 0 radical (unpaired) electrons. The van der Waals surface area contributed by atoms with Gasteiger partial charge < -0.3 is 10.4 Å². The van der Waals surface area contributed by atoms with Crippen molar-refractivity contribution < 1.29 is 14.7 Å². The van der Waals surface area contributed by atoms with Crippen molar-refractivity contribution in [3.63, 3.8) is 0 Å². The summed E-state index contributed by atoms with van der Waals surface area (Å²) in [7, 11) is 0. The number of carboxylic acid groups (broad SMARTS) is 1. The number of carbonyl (C=O) groups excluding carboxylic acids is 1. The molecule has 0 fully saturated rings. The minimum absolute atomic E-state index is 0. The number of hydrogen-bond acceptors (Lipinski definition) is 3. The highest BCUT2D eigenvalue weighted by Gasteiger charge is 2.17. The summed E-state index contributed by atoms with van der Waals surface area (Å²) in [6, 6.07) is 10.2. The zero-order valence-electron chi connectivity index (χ0n) is 10.7. The van der Waals surface area contributed by atoms with Crippen LogP contribution in [0.4, 0.5) is 5.69 Å². The lowest BCUT2D eigenvalue weighted by molar-refractivity contribution is 0.0686. The molecule has 1 heterocycles. The monoisotopic (exact) mass is 292 g/mol. The molecule has 2 rings (SSSR count). The molecule has 2 aromatic rings. The number of hydrogen-bond donors (Lipinski definition) is 2. The van der Waals surface area contributed by atoms with E-state index in [4.69, 9.17) is 5.11 Å². The van der Waals surface area contributed by atoms with Crippen LogP contribution in [0.5, 0.6) is 0 Å². The number of aromatic carboxylic acids is 1. The molecular formula is C14H13ClN2O3. The molecule has 2 N–H and O–H groups in total. The number of aryl methyl sites for hydroxylation is 1. The number of nitrogens with zero attached hydrogens (tertiary/aromatic N) is 1. The second kappa shape index (κ2) is 6.68. The van der Waals surface area contributed by atoms with E-state index in [0.717, 1.165) is 5.56 Å². The predicted octanol–water partition coefficient (Wildman–Crippen LogP) is 2.76. The van der Waals surface area contributed by atoms with E-state index in [-0.39, 0.29) is 23.7 Å². The number of nitrogens with one attached hydrogen (secondary N) is 1. The summed E-state index contributed by atoms with van der Waals surface area (Å²) in [5, 5.41) is 11.6. The van der Waals surface area contributed by atoms with Gasteiger partial charge in [-0.2, -0.15) is 0 Å². The Bertz CT molecular complexity index is 644. The molecule has 0 aliphatic carbocycles. The van der Waals surface area contributed by atoms with Gasteiger partial charge in [0.25, 0.3) is 5.91 Å². The molecule has 0 unspecified atom stereocenters. The molecule has 104 valence electrons. The maximum atomic E-state index is 12.0. The van der Waals surface area contributed by atoms with Gasteiger partial charge in [-0.3, -0.25) is 4.79 Å². The van der Waals surface area contributed by atoms with Crippen molar-refractivity contribution in [2.75, 3.05) is 5.32 Å². The van der Waals surface area contributed by atoms with E-state index in [9.17, 15) is 9.59 Å². The standard InChI is InChI=1S/C14H12N2O3.ClH/c1-9-4-2-5-10(8-9)16-13(17)11-6-3-7-15-12(11)14(18)19;/h2-8H,1H3,(H,16,17)(H,18,19);1H. The first kappa shape index (κ1) is 15.7. The Morgan fingerprint density at radius 1 is 1.20 bits per heavy atom. The van der Waals surface area contributed by atoms with Crippen LogP contribution in [0.15, 0.2) is 42.6 Å². The van der Waals surface area contributed by atoms with Gasteiger partial charge in [0.15, 0.2) is 5.69 Å². The summed E-state index contributed by atoms with van der Waals surface area (Å²) in [5.74, 6) is -1.72. The summed E-state index contributed by atoms with van der Waals surface area (Å²) >= 11 is 0. The first-order chi connectivity index (χ1) is 9.08. The van der Waals surface area contributed by atoms with Gasteiger partial charge in [0, 0.05) is 11.9 Å². The van der Waals surface area contributed by atoms with E-state index < -0.39 is 11.9 Å². The van der Waals surface area contributed by atoms with Crippen LogP contribution in [0.2, 0.25) is 0 Å². The fraction of sp³-hybridized carbons (Fsp3) is 0.0714. The Morgan fingerprint density at radius 2 is 1.95 bits per heavy atom. The van der Waals surface area contributed by atoms with Gasteiger partial charge in [-0.15, -0.1) is 12.4 Å². The maximum Gasteiger partial charge on any atom is 0.355 e. The Balaban J connectivity index is 0.00000200. The van der Waals surface area contributed by atoms with Crippen molar-refractivity contribution in [1.82, 2.24) is 4.98 Å². The smallest absolute Gasteiger partial charge is 0.355 e. The third-order valence-corrected chi connectivity index (χ3v) is 2.53. The molecular weight excluding hydrogens is 280 g/mol. The van der Waals surface area contributed by atoms with E-state index in [1.807, 2.05) is 19.1 Å². The normalized spacial score (nSPS) is 9.45. The Morgan fingerprint density at radius 3 is 2.60 bits per heavy atom. The number of anilines is 1. The molecule has 20 heavy (non-hydrogen) atoms. The zero-order valence-corrected chi connectivity index (χ0v) is 11.5. The third kappa shape index (κ3) is 3.55. The topological polar surface area (TPSA) is 79.3 Å². The van der Waals surface area contributed by atoms with Gasteiger partial charge in [0.05, 0.1) is 5.56 Å². The van der Waals surface area contributed by atoms with E-state index in [1.54, 1.807) is 12.1 Å². The summed E-state index contributed by atoms with van der Waals surface area (Å²) < 4.78 is 0. The van der Waals surface area contributed by atoms with Gasteiger partial charge in [-0.25, -0.2) is 9.78 Å². The van der Waals surface area contributed by atoms with Crippen LogP contribution in [0.25, 0.3) is 0 Å². The highest BCUT2D eigenvalue weighted by atomic mass is 35.5. The van der Waals surface area contributed by atoms with Crippen LogP contribution >= 0.6 is 12.4 Å². The van der Waals surface area contributed by atoms with Crippen molar-refractivity contribution in [2.24, 2.45) is 0 Å². The zero-order chi connectivity index (χ0) is 13.8. The van der Waals surface area contributed by atoms with Crippen LogP contribution < -0.4 is 5.32 Å². The average Bonchev–Trinajstić information content (AvgIpc) is 2.38. The van der Waals surface area contributed by atoms with Gasteiger partial charge in [0.1, 0.15) is 0 Å². The van der Waals surface area contributed by atoms with Gasteiger partial charge in [-0.05, 0) is 36.8 Å². The Labute approximate surface area is 122 Å². The van der Waals surface area contributed by atoms with Crippen LogP contribution in [0.1, 0.15) is 26.4 Å². The van der Waals surface area contributed by atoms with Crippen LogP contribution in [0, 0.1) is 6.92 Å². The van der Waals surface area contributed by atoms with Gasteiger partial charge >= 0.3 is 5.97 Å². The lowest BCUT2D eigenvalue weighted by atomic mass is 10.1. The van der Waals surface area contributed by atoms with Crippen LogP contribution in [-0.2, 0) is 0 Å². The Hall–Kier alpha value is -2.40. The second-order valence-corrected chi connectivity index (χ2v) is 4.03. The Kier molecular flexibility index (Phi) is 5.23. The third-order valence-electron chi connectivity index (χ3n) is 2.53. The van der Waals surface area contributed by atoms with Crippen LogP contribution in [0.3, 0.4) is 0 Å². The predicted molar refractivity (Wildman–Crippen MR) is 77.6 cm³/mol. The summed E-state index contributed by atoms with van der Waals surface area (Å²) in [5.41, 5.74) is 1.40. The number of carboxylic acids is 1. The largest absolute Gasteiger partial charge is 0.476 e. The average molecular weight is 293 g/mol. The summed E-state index contributed by atoms with van der Waals surface area (Å²) in [6.07, 6.45) is 1.34. The number of aromatic nitrogens is 1. The van der Waals surface area contributed by atoms with Crippen molar-refractivity contribution in [3.8, 4) is 0 Å².